The highest BCUT2D eigenvalue weighted by Crippen LogP contribution is 2.29. The number of nitrogens with zero attached hydrogens (tertiary/aromatic N) is 2. The number of para-hydroxylation sites is 1. The molecule has 0 unspecified atom stereocenters. The number of hydrogen-bond acceptors (Lipinski definition) is 2. The van der Waals surface area contributed by atoms with Gasteiger partial charge in [0, 0.05) is 0 Å². The molecule has 1 heterocycles. The summed E-state index contributed by atoms with van der Waals surface area (Å²) in [6, 6.07) is 10.3. The van der Waals surface area contributed by atoms with E-state index in [1.165, 1.54) is 6.07 Å². The molecule has 0 atom stereocenters. The molecule has 3 rings (SSSR count). The van der Waals surface area contributed by atoms with Crippen LogP contribution < -0.4 is 5.73 Å². The predicted molar refractivity (Wildman–Crippen MR) is 75.2 cm³/mol. The van der Waals surface area contributed by atoms with E-state index in [4.69, 9.17) is 17.3 Å². The number of hydrogen-bond donors (Lipinski definition) is 1. The van der Waals surface area contributed by atoms with Gasteiger partial charge >= 0.3 is 0 Å². The molecule has 19 heavy (non-hydrogen) atoms. The first-order valence-corrected chi connectivity index (χ1v) is 6.14. The van der Waals surface area contributed by atoms with Crippen LogP contribution in [0.25, 0.3) is 16.7 Å². The van der Waals surface area contributed by atoms with Crippen LogP contribution >= 0.6 is 11.6 Å². The van der Waals surface area contributed by atoms with Crippen LogP contribution in [0.2, 0.25) is 5.02 Å². The van der Waals surface area contributed by atoms with Gasteiger partial charge in [-0.1, -0.05) is 23.7 Å². The highest BCUT2D eigenvalue weighted by atomic mass is 35.5. The molecule has 2 N–H and O–H groups in total. The number of aromatic nitrogens is 2. The predicted octanol–water partition coefficient (Wildman–Crippen LogP) is 3.71. The van der Waals surface area contributed by atoms with Crippen molar-refractivity contribution in [3.05, 3.63) is 52.8 Å². The third kappa shape index (κ3) is 1.85. The Hall–Kier alpha value is -2.07. The van der Waals surface area contributed by atoms with Gasteiger partial charge in [-0.05, 0) is 36.8 Å². The fourth-order valence-corrected chi connectivity index (χ4v) is 2.45. The standard InChI is InChI=1S/C14H11ClFN3/c1-8-5-6-11(9(15)7-8)19-12-4-2-3-10(16)13(12)18-14(19)17/h2-7H,1H3,(H2,17,18). The van der Waals surface area contributed by atoms with Crippen LogP contribution in [0, 0.1) is 12.7 Å². The molecule has 0 radical (unpaired) electrons. The fourth-order valence-electron chi connectivity index (χ4n) is 2.13. The summed E-state index contributed by atoms with van der Waals surface area (Å²) in [4.78, 5) is 4.06. The van der Waals surface area contributed by atoms with Crippen LogP contribution in [-0.2, 0) is 0 Å². The molecule has 0 saturated heterocycles. The normalized spacial score (nSPS) is 11.1. The zero-order chi connectivity index (χ0) is 13.6. The number of anilines is 1. The Morgan fingerprint density at radius 3 is 2.79 bits per heavy atom. The molecule has 0 bridgehead atoms. The molecular weight excluding hydrogens is 265 g/mol. The molecule has 0 spiro atoms. The molecule has 96 valence electrons. The van der Waals surface area contributed by atoms with Crippen molar-refractivity contribution in [3.63, 3.8) is 0 Å². The molecule has 1 aromatic heterocycles. The van der Waals surface area contributed by atoms with E-state index in [2.05, 4.69) is 4.98 Å². The lowest BCUT2D eigenvalue weighted by Gasteiger charge is -2.09. The van der Waals surface area contributed by atoms with Crippen LogP contribution in [0.15, 0.2) is 36.4 Å². The van der Waals surface area contributed by atoms with E-state index in [1.54, 1.807) is 16.7 Å². The Balaban J connectivity index is 2.36. The van der Waals surface area contributed by atoms with Gasteiger partial charge in [-0.15, -0.1) is 0 Å². The lowest BCUT2D eigenvalue weighted by atomic mass is 10.2. The number of aryl methyl sites for hydroxylation is 1. The Labute approximate surface area is 114 Å². The van der Waals surface area contributed by atoms with Crippen LogP contribution in [0.5, 0.6) is 0 Å². The van der Waals surface area contributed by atoms with E-state index in [9.17, 15) is 4.39 Å². The number of benzene rings is 2. The molecule has 0 aliphatic carbocycles. The molecule has 2 aromatic carbocycles. The van der Waals surface area contributed by atoms with Crippen molar-refractivity contribution in [1.82, 2.24) is 9.55 Å². The highest BCUT2D eigenvalue weighted by molar-refractivity contribution is 6.32. The number of nitrogens with two attached hydrogens (primary N) is 1. The second-order valence-electron chi connectivity index (χ2n) is 4.37. The molecule has 0 aliphatic rings. The van der Waals surface area contributed by atoms with Crippen LogP contribution in [0.3, 0.4) is 0 Å². The van der Waals surface area contributed by atoms with E-state index in [0.29, 0.717) is 16.2 Å². The molecule has 0 aliphatic heterocycles. The minimum atomic E-state index is -0.397. The average Bonchev–Trinajstić information content (AvgIpc) is 2.68. The topological polar surface area (TPSA) is 43.8 Å². The lowest BCUT2D eigenvalue weighted by Crippen LogP contribution is -2.01. The van der Waals surface area contributed by atoms with Crippen molar-refractivity contribution in [1.29, 1.82) is 0 Å². The summed E-state index contributed by atoms with van der Waals surface area (Å²) in [6.07, 6.45) is 0. The molecule has 0 fully saturated rings. The van der Waals surface area contributed by atoms with Gasteiger partial charge in [-0.2, -0.15) is 0 Å². The quantitative estimate of drug-likeness (QED) is 0.736. The summed E-state index contributed by atoms with van der Waals surface area (Å²) in [5.74, 6) is -0.183. The number of halogens is 2. The van der Waals surface area contributed by atoms with Crippen molar-refractivity contribution < 1.29 is 4.39 Å². The van der Waals surface area contributed by atoms with E-state index < -0.39 is 5.82 Å². The van der Waals surface area contributed by atoms with Crippen molar-refractivity contribution in [2.24, 2.45) is 0 Å². The Bertz CT molecular complexity index is 780. The molecular formula is C14H11ClFN3. The summed E-state index contributed by atoms with van der Waals surface area (Å²) in [7, 11) is 0. The summed E-state index contributed by atoms with van der Waals surface area (Å²) < 4.78 is 15.3. The van der Waals surface area contributed by atoms with Gasteiger partial charge in [0.05, 0.1) is 16.2 Å². The maximum atomic E-state index is 13.7. The van der Waals surface area contributed by atoms with Gasteiger partial charge in [0.2, 0.25) is 5.95 Å². The number of imidazole rings is 1. The molecule has 3 nitrogen and oxygen atoms in total. The molecule has 5 heteroatoms. The van der Waals surface area contributed by atoms with Crippen molar-refractivity contribution in [3.8, 4) is 5.69 Å². The summed E-state index contributed by atoms with van der Waals surface area (Å²) in [5.41, 5.74) is 8.47. The first kappa shape index (κ1) is 12.0. The van der Waals surface area contributed by atoms with Gasteiger partial charge in [-0.25, -0.2) is 9.37 Å². The zero-order valence-corrected chi connectivity index (χ0v) is 10.9. The van der Waals surface area contributed by atoms with Gasteiger partial charge in [-0.3, -0.25) is 4.57 Å². The Kier molecular flexibility index (Phi) is 2.68. The van der Waals surface area contributed by atoms with E-state index in [1.807, 2.05) is 25.1 Å². The average molecular weight is 276 g/mol. The second-order valence-corrected chi connectivity index (χ2v) is 4.78. The Morgan fingerprint density at radius 1 is 1.26 bits per heavy atom. The zero-order valence-electron chi connectivity index (χ0n) is 10.2. The first-order chi connectivity index (χ1) is 9.08. The van der Waals surface area contributed by atoms with Gasteiger partial charge < -0.3 is 5.73 Å². The van der Waals surface area contributed by atoms with Gasteiger partial charge in [0.25, 0.3) is 0 Å². The van der Waals surface area contributed by atoms with Crippen molar-refractivity contribution in [2.45, 2.75) is 6.92 Å². The second kappa shape index (κ2) is 4.24. The summed E-state index contributed by atoms with van der Waals surface area (Å²) in [5, 5.41) is 0.551. The lowest BCUT2D eigenvalue weighted by molar-refractivity contribution is 0.637. The molecule has 0 saturated carbocycles. The van der Waals surface area contributed by atoms with Crippen molar-refractivity contribution >= 4 is 28.6 Å². The minimum absolute atomic E-state index is 0.214. The van der Waals surface area contributed by atoms with Crippen LogP contribution in [-0.4, -0.2) is 9.55 Å². The van der Waals surface area contributed by atoms with E-state index in [-0.39, 0.29) is 11.5 Å². The van der Waals surface area contributed by atoms with E-state index in [0.717, 1.165) is 5.56 Å². The highest BCUT2D eigenvalue weighted by Gasteiger charge is 2.14. The largest absolute Gasteiger partial charge is 0.369 e. The number of fused-ring (bicyclic) bond motifs is 1. The third-order valence-electron chi connectivity index (χ3n) is 3.01. The molecule has 0 amide bonds. The third-order valence-corrected chi connectivity index (χ3v) is 3.31. The number of rotatable bonds is 1. The fraction of sp³-hybridized carbons (Fsp3) is 0.0714. The maximum absolute atomic E-state index is 13.7. The van der Waals surface area contributed by atoms with Gasteiger partial charge in [0.15, 0.2) is 5.82 Å². The summed E-state index contributed by atoms with van der Waals surface area (Å²) >= 11 is 6.24. The number of nitrogen functional groups attached to an aromatic ring is 1. The maximum Gasteiger partial charge on any atom is 0.206 e. The SMILES string of the molecule is Cc1ccc(-n2c(N)nc3c(F)cccc32)c(Cl)c1. The molecule has 3 aromatic rings. The van der Waals surface area contributed by atoms with Crippen LogP contribution in [0.1, 0.15) is 5.56 Å². The van der Waals surface area contributed by atoms with Crippen molar-refractivity contribution in [2.75, 3.05) is 5.73 Å². The van der Waals surface area contributed by atoms with E-state index >= 15 is 0 Å². The first-order valence-electron chi connectivity index (χ1n) is 5.77. The smallest absolute Gasteiger partial charge is 0.206 e. The monoisotopic (exact) mass is 275 g/mol. The Morgan fingerprint density at radius 2 is 2.05 bits per heavy atom. The summed E-state index contributed by atoms with van der Waals surface area (Å²) in [6.45, 7) is 1.95. The minimum Gasteiger partial charge on any atom is -0.369 e. The van der Waals surface area contributed by atoms with Crippen LogP contribution in [0.4, 0.5) is 10.3 Å². The van der Waals surface area contributed by atoms with Gasteiger partial charge in [0.1, 0.15) is 5.52 Å².